The molecule has 2 rings (SSSR count). The molecule has 1 heterocycles. The molecule has 0 aliphatic heterocycles. The number of aromatic nitrogens is 1. The van der Waals surface area contributed by atoms with Gasteiger partial charge in [0.05, 0.1) is 11.6 Å². The Morgan fingerprint density at radius 3 is 2.45 bits per heavy atom. The molecule has 0 amide bonds. The Kier molecular flexibility index (Phi) is 5.47. The second-order valence-electron chi connectivity index (χ2n) is 4.64. The van der Waals surface area contributed by atoms with Crippen molar-refractivity contribution >= 4 is 10.9 Å². The fourth-order valence-electron chi connectivity index (χ4n) is 2.18. The second kappa shape index (κ2) is 7.33. The maximum Gasteiger partial charge on any atom is 0.172 e. The van der Waals surface area contributed by atoms with Crippen LogP contribution in [0.4, 0.5) is 0 Å². The van der Waals surface area contributed by atoms with Crippen LogP contribution in [0.2, 0.25) is 0 Å². The molecule has 0 spiro atoms. The van der Waals surface area contributed by atoms with Gasteiger partial charge in [-0.1, -0.05) is 24.3 Å². The van der Waals surface area contributed by atoms with Crippen molar-refractivity contribution in [1.29, 1.82) is 0 Å². The van der Waals surface area contributed by atoms with E-state index in [-0.39, 0.29) is 12.3 Å². The number of para-hydroxylation sites is 1. The summed E-state index contributed by atoms with van der Waals surface area (Å²) in [6, 6.07) is 11.9. The highest BCUT2D eigenvalue weighted by Gasteiger charge is 2.19. The number of hydrogen-bond donors (Lipinski definition) is 1. The third-order valence-corrected chi connectivity index (χ3v) is 3.11. The molecule has 0 saturated heterocycles. The molecule has 0 radical (unpaired) electrons. The minimum atomic E-state index is -0.377. The lowest BCUT2D eigenvalue weighted by Gasteiger charge is -2.23. The maximum absolute atomic E-state index is 6.18. The van der Waals surface area contributed by atoms with Gasteiger partial charge in [-0.05, 0) is 26.0 Å². The molecule has 1 atom stereocenters. The fraction of sp³-hybridized carbons (Fsp3) is 0.438. The van der Waals surface area contributed by atoms with Crippen LogP contribution < -0.4 is 5.73 Å². The first kappa shape index (κ1) is 14.9. The van der Waals surface area contributed by atoms with Crippen LogP contribution in [0.3, 0.4) is 0 Å². The number of fused-ring (bicyclic) bond motifs is 1. The lowest BCUT2D eigenvalue weighted by Crippen LogP contribution is -2.40. The van der Waals surface area contributed by atoms with Gasteiger partial charge in [-0.2, -0.15) is 0 Å². The van der Waals surface area contributed by atoms with Crippen molar-refractivity contribution in [3.63, 3.8) is 0 Å². The summed E-state index contributed by atoms with van der Waals surface area (Å²) in [6.45, 7) is 5.05. The number of ether oxygens (including phenoxy) is 2. The quantitative estimate of drug-likeness (QED) is 0.788. The normalized spacial score (nSPS) is 13.0. The number of pyridine rings is 1. The molecule has 2 N–H and O–H groups in total. The third kappa shape index (κ3) is 3.76. The summed E-state index contributed by atoms with van der Waals surface area (Å²) >= 11 is 0. The van der Waals surface area contributed by atoms with Crippen LogP contribution in [-0.4, -0.2) is 30.5 Å². The molecule has 1 unspecified atom stereocenters. The van der Waals surface area contributed by atoms with E-state index in [1.807, 2.05) is 38.1 Å². The van der Waals surface area contributed by atoms with Crippen molar-refractivity contribution in [2.45, 2.75) is 32.6 Å². The lowest BCUT2D eigenvalue weighted by atomic mass is 10.1. The third-order valence-electron chi connectivity index (χ3n) is 3.11. The van der Waals surface area contributed by atoms with E-state index in [0.717, 1.165) is 16.6 Å². The summed E-state index contributed by atoms with van der Waals surface area (Å²) in [6.07, 6.45) is 0.258. The van der Waals surface area contributed by atoms with Crippen LogP contribution in [0.25, 0.3) is 10.9 Å². The first-order valence-corrected chi connectivity index (χ1v) is 7.08. The molecule has 0 aliphatic carbocycles. The monoisotopic (exact) mass is 274 g/mol. The van der Waals surface area contributed by atoms with Gasteiger partial charge in [0, 0.05) is 30.7 Å². The Morgan fingerprint density at radius 2 is 1.75 bits per heavy atom. The largest absolute Gasteiger partial charge is 0.351 e. The van der Waals surface area contributed by atoms with Gasteiger partial charge >= 0.3 is 0 Å². The molecule has 1 aromatic heterocycles. The maximum atomic E-state index is 6.18. The van der Waals surface area contributed by atoms with Gasteiger partial charge in [0.15, 0.2) is 6.29 Å². The highest BCUT2D eigenvalue weighted by molar-refractivity contribution is 5.78. The highest BCUT2D eigenvalue weighted by atomic mass is 16.7. The number of benzene rings is 1. The molecule has 0 bridgehead atoms. The van der Waals surface area contributed by atoms with Gasteiger partial charge in [0.2, 0.25) is 0 Å². The molecule has 108 valence electrons. The standard InChI is InChI=1S/C16H22N2O2/c1-3-19-16(20-4-2)14(17)11-13-10-9-12-7-5-6-8-15(12)18-13/h5-10,14,16H,3-4,11,17H2,1-2H3. The summed E-state index contributed by atoms with van der Waals surface area (Å²) in [4.78, 5) is 4.63. The summed E-state index contributed by atoms with van der Waals surface area (Å²) in [5.74, 6) is 0. The predicted octanol–water partition coefficient (Wildman–Crippen LogP) is 2.50. The van der Waals surface area contributed by atoms with Crippen LogP contribution in [0, 0.1) is 0 Å². The lowest BCUT2D eigenvalue weighted by molar-refractivity contribution is -0.148. The number of hydrogen-bond acceptors (Lipinski definition) is 4. The molecule has 4 heteroatoms. The van der Waals surface area contributed by atoms with Crippen molar-refractivity contribution < 1.29 is 9.47 Å². The van der Waals surface area contributed by atoms with E-state index in [0.29, 0.717) is 19.6 Å². The molecule has 0 saturated carbocycles. The van der Waals surface area contributed by atoms with Gasteiger partial charge in [-0.25, -0.2) is 0 Å². The van der Waals surface area contributed by atoms with E-state index in [2.05, 4.69) is 17.1 Å². The Bertz CT molecular complexity index is 539. The van der Waals surface area contributed by atoms with E-state index >= 15 is 0 Å². The van der Waals surface area contributed by atoms with Crippen molar-refractivity contribution in [3.8, 4) is 0 Å². The van der Waals surface area contributed by atoms with Crippen LogP contribution in [0.5, 0.6) is 0 Å². The zero-order valence-electron chi connectivity index (χ0n) is 12.1. The number of nitrogens with two attached hydrogens (primary N) is 1. The molecule has 2 aromatic rings. The topological polar surface area (TPSA) is 57.4 Å². The second-order valence-corrected chi connectivity index (χ2v) is 4.64. The summed E-state index contributed by atoms with van der Waals surface area (Å²) < 4.78 is 11.1. The van der Waals surface area contributed by atoms with Gasteiger partial charge in [-0.15, -0.1) is 0 Å². The first-order valence-electron chi connectivity index (χ1n) is 7.08. The minimum absolute atomic E-state index is 0.219. The van der Waals surface area contributed by atoms with Crippen LogP contribution in [0.15, 0.2) is 36.4 Å². The summed E-state index contributed by atoms with van der Waals surface area (Å²) in [7, 11) is 0. The van der Waals surface area contributed by atoms with Crippen molar-refractivity contribution in [1.82, 2.24) is 4.98 Å². The summed E-state index contributed by atoms with van der Waals surface area (Å²) in [5, 5.41) is 1.14. The SMILES string of the molecule is CCOC(OCC)C(N)Cc1ccc2ccccc2n1. The molecular formula is C16H22N2O2. The fourth-order valence-corrected chi connectivity index (χ4v) is 2.18. The first-order chi connectivity index (χ1) is 9.74. The molecule has 0 aliphatic rings. The van der Waals surface area contributed by atoms with E-state index in [4.69, 9.17) is 15.2 Å². The van der Waals surface area contributed by atoms with Gasteiger partial charge in [-0.3, -0.25) is 4.98 Å². The van der Waals surface area contributed by atoms with E-state index in [9.17, 15) is 0 Å². The van der Waals surface area contributed by atoms with Gasteiger partial charge in [0.1, 0.15) is 0 Å². The molecular weight excluding hydrogens is 252 g/mol. The Hall–Kier alpha value is -1.49. The molecule has 4 nitrogen and oxygen atoms in total. The predicted molar refractivity (Wildman–Crippen MR) is 80.5 cm³/mol. The zero-order valence-corrected chi connectivity index (χ0v) is 12.1. The zero-order chi connectivity index (χ0) is 14.4. The number of nitrogens with zero attached hydrogens (tertiary/aromatic N) is 1. The van der Waals surface area contributed by atoms with Crippen molar-refractivity contribution in [2.24, 2.45) is 5.73 Å². The minimum Gasteiger partial charge on any atom is -0.351 e. The van der Waals surface area contributed by atoms with Crippen molar-refractivity contribution in [2.75, 3.05) is 13.2 Å². The average Bonchev–Trinajstić information content (AvgIpc) is 2.47. The Morgan fingerprint density at radius 1 is 1.05 bits per heavy atom. The smallest absolute Gasteiger partial charge is 0.172 e. The van der Waals surface area contributed by atoms with Gasteiger partial charge < -0.3 is 15.2 Å². The van der Waals surface area contributed by atoms with E-state index in [1.165, 1.54) is 0 Å². The van der Waals surface area contributed by atoms with E-state index < -0.39 is 0 Å². The van der Waals surface area contributed by atoms with E-state index in [1.54, 1.807) is 0 Å². The summed E-state index contributed by atoms with van der Waals surface area (Å²) in [5.41, 5.74) is 8.12. The van der Waals surface area contributed by atoms with Crippen LogP contribution in [0.1, 0.15) is 19.5 Å². The number of rotatable bonds is 7. The molecule has 1 aromatic carbocycles. The molecule has 20 heavy (non-hydrogen) atoms. The van der Waals surface area contributed by atoms with Crippen LogP contribution in [-0.2, 0) is 15.9 Å². The van der Waals surface area contributed by atoms with Gasteiger partial charge in [0.25, 0.3) is 0 Å². The Balaban J connectivity index is 2.09. The highest BCUT2D eigenvalue weighted by Crippen LogP contribution is 2.14. The van der Waals surface area contributed by atoms with Crippen molar-refractivity contribution in [3.05, 3.63) is 42.1 Å². The Labute approximate surface area is 119 Å². The molecule has 0 fully saturated rings. The average molecular weight is 274 g/mol. The van der Waals surface area contributed by atoms with Crippen LogP contribution >= 0.6 is 0 Å².